The molecule has 0 saturated heterocycles. The first kappa shape index (κ1) is 23.9. The van der Waals surface area contributed by atoms with Crippen molar-refractivity contribution >= 4 is 37.4 Å². The third-order valence-corrected chi connectivity index (χ3v) is 11.2. The molecule has 0 aromatic heterocycles. The van der Waals surface area contributed by atoms with E-state index in [1.165, 1.54) is 32.1 Å². The summed E-state index contributed by atoms with van der Waals surface area (Å²) in [5, 5.41) is 4.56. The summed E-state index contributed by atoms with van der Waals surface area (Å²) in [5.41, 5.74) is 4.00. The molecule has 0 saturated carbocycles. The van der Waals surface area contributed by atoms with Crippen LogP contribution in [-0.2, 0) is 0 Å². The largest absolute Gasteiger partial charge is 1.00 e. The zero-order valence-electron chi connectivity index (χ0n) is 17.4. The van der Waals surface area contributed by atoms with Crippen LogP contribution >= 0.6 is 0 Å². The third kappa shape index (κ3) is 7.78. The van der Waals surface area contributed by atoms with E-state index in [1.54, 1.807) is 0 Å². The maximum Gasteiger partial charge on any atom is 1.00 e. The summed E-state index contributed by atoms with van der Waals surface area (Å²) < 4.78 is 0. The molecule has 0 nitrogen and oxygen atoms in total. The van der Waals surface area contributed by atoms with E-state index >= 15 is 0 Å². The predicted octanol–water partition coefficient (Wildman–Crippen LogP) is 1.75. The summed E-state index contributed by atoms with van der Waals surface area (Å²) in [4.78, 5) is 0. The Balaban J connectivity index is 0.000000395. The van der Waals surface area contributed by atoms with Gasteiger partial charge in [0.2, 0.25) is 0 Å². The van der Waals surface area contributed by atoms with Crippen molar-refractivity contribution in [2.45, 2.75) is 36.5 Å². The van der Waals surface area contributed by atoms with E-state index < -0.39 is 14.3 Å². The summed E-state index contributed by atoms with van der Waals surface area (Å²) in [6.45, 7) is 7.32. The Morgan fingerprint density at radius 1 is 0.519 bits per heavy atom. The Labute approximate surface area is 183 Å². The van der Waals surface area contributed by atoms with Gasteiger partial charge in [-0.2, -0.15) is 0 Å². The Morgan fingerprint density at radius 3 is 0.963 bits per heavy atom. The van der Waals surface area contributed by atoms with Crippen molar-refractivity contribution in [2.75, 3.05) is 0 Å². The molecule has 0 heterocycles. The molecule has 3 rings (SSSR count). The molecular formula is C24H30BGeLi. The molecule has 0 fully saturated rings. The fourth-order valence-electron chi connectivity index (χ4n) is 3.26. The minimum absolute atomic E-state index is 0. The third-order valence-electron chi connectivity index (χ3n) is 4.90. The van der Waals surface area contributed by atoms with Gasteiger partial charge in [0.15, 0.2) is 0 Å². The van der Waals surface area contributed by atoms with Gasteiger partial charge < -0.3 is 0 Å². The van der Waals surface area contributed by atoms with Gasteiger partial charge in [-0.25, -0.2) is 16.4 Å². The molecule has 0 aliphatic carbocycles. The van der Waals surface area contributed by atoms with Crippen LogP contribution in [-0.4, -0.2) is 21.1 Å². The summed E-state index contributed by atoms with van der Waals surface area (Å²) in [5.74, 6) is 0. The zero-order valence-corrected chi connectivity index (χ0v) is 19.5. The maximum absolute atomic E-state index is 2.34. The summed E-state index contributed by atoms with van der Waals surface area (Å²) in [6, 6.07) is 32.0. The van der Waals surface area contributed by atoms with Crippen LogP contribution in [0.1, 0.15) is 20.8 Å². The topological polar surface area (TPSA) is 0 Å². The number of rotatable bonds is 6. The van der Waals surface area contributed by atoms with Crippen molar-refractivity contribution in [1.29, 1.82) is 0 Å². The van der Waals surface area contributed by atoms with Gasteiger partial charge in [-0.05, 0) is 6.71 Å². The second kappa shape index (κ2) is 13.9. The van der Waals surface area contributed by atoms with Crippen LogP contribution in [0.15, 0.2) is 91.0 Å². The van der Waals surface area contributed by atoms with Gasteiger partial charge in [0.05, 0.1) is 0 Å². The van der Waals surface area contributed by atoms with Gasteiger partial charge in [-0.15, -0.1) is 0 Å². The van der Waals surface area contributed by atoms with Crippen LogP contribution in [0.2, 0.25) is 15.8 Å². The second-order valence-electron chi connectivity index (χ2n) is 6.48. The van der Waals surface area contributed by atoms with E-state index in [2.05, 4.69) is 112 Å². The molecule has 0 aliphatic rings. The van der Waals surface area contributed by atoms with E-state index in [0.717, 1.165) is 0 Å². The predicted molar refractivity (Wildman–Crippen MR) is 121 cm³/mol. The molecule has 2 radical (unpaired) electrons. The first-order valence-corrected chi connectivity index (χ1v) is 14.2. The minimum atomic E-state index is -0.403. The maximum atomic E-state index is 2.34. The fourth-order valence-corrected chi connectivity index (χ4v) is 6.41. The van der Waals surface area contributed by atoms with Crippen molar-refractivity contribution in [3.05, 3.63) is 91.0 Å². The van der Waals surface area contributed by atoms with Crippen LogP contribution in [0.5, 0.6) is 0 Å². The van der Waals surface area contributed by atoms with Crippen LogP contribution < -0.4 is 35.2 Å². The first-order chi connectivity index (χ1) is 12.8. The standard InChI is InChI=1S/C18H15B.C6H15Ge.Li/c1-4-10-16(11-5-1)19(17-12-6-2-7-13-17)18-14-8-3-9-15-18;1-4-7(5-2)6-3;/h1-15H;4-6H2,1-3H3;/q-1;;+1. The first-order valence-electron chi connectivity index (χ1n) is 9.78. The molecule has 0 unspecified atom stereocenters. The average Bonchev–Trinajstić information content (AvgIpc) is 2.72. The van der Waals surface area contributed by atoms with Crippen molar-refractivity contribution in [3.63, 3.8) is 0 Å². The molecule has 0 atom stereocenters. The number of hydrogen-bond acceptors (Lipinski definition) is 0. The van der Waals surface area contributed by atoms with Crippen molar-refractivity contribution in [2.24, 2.45) is 0 Å². The number of benzene rings is 3. The van der Waals surface area contributed by atoms with Gasteiger partial charge in [-0.3, -0.25) is 0 Å². The van der Waals surface area contributed by atoms with Crippen LogP contribution in [0.3, 0.4) is 0 Å². The summed E-state index contributed by atoms with van der Waals surface area (Å²) in [6.07, 6.45) is 0. The zero-order chi connectivity index (χ0) is 18.6. The molecule has 0 amide bonds. The molecular weight excluding hydrogens is 379 g/mol. The van der Waals surface area contributed by atoms with E-state index in [9.17, 15) is 0 Å². The summed E-state index contributed by atoms with van der Waals surface area (Å²) in [7, 11) is 0. The van der Waals surface area contributed by atoms with Crippen molar-refractivity contribution < 1.29 is 18.9 Å². The Hall–Kier alpha value is -1.13. The SMILES string of the molecule is C[CH2][Ge]([CH2]C)[CH2]C.[Li+].c1ccc([B-](c2ccccc2)c2ccccc2)cc1. The van der Waals surface area contributed by atoms with E-state index in [-0.39, 0.29) is 18.9 Å². The van der Waals surface area contributed by atoms with Crippen molar-refractivity contribution in [1.82, 2.24) is 0 Å². The summed E-state index contributed by atoms with van der Waals surface area (Å²) >= 11 is -0.403. The van der Waals surface area contributed by atoms with Gasteiger partial charge in [0.1, 0.15) is 0 Å². The van der Waals surface area contributed by atoms with E-state index in [1.807, 2.05) is 0 Å². The van der Waals surface area contributed by atoms with Gasteiger partial charge in [0, 0.05) is 0 Å². The molecule has 0 bridgehead atoms. The molecule has 3 aromatic rings. The molecule has 0 N–H and O–H groups in total. The normalized spacial score (nSPS) is 10.1. The van der Waals surface area contributed by atoms with Crippen LogP contribution in [0.25, 0.3) is 0 Å². The quantitative estimate of drug-likeness (QED) is 0.545. The Kier molecular flexibility index (Phi) is 12.3. The molecule has 0 spiro atoms. The smallest absolute Gasteiger partial charge is 0.233 e. The molecule has 3 heteroatoms. The molecule has 3 aromatic carbocycles. The fraction of sp³-hybridized carbons (Fsp3) is 0.250. The Bertz CT molecular complexity index is 616. The van der Waals surface area contributed by atoms with Gasteiger partial charge >= 0.3 is 69.7 Å². The molecule has 134 valence electrons. The molecule has 0 aliphatic heterocycles. The van der Waals surface area contributed by atoms with E-state index in [4.69, 9.17) is 0 Å². The number of hydrogen-bond donors (Lipinski definition) is 0. The van der Waals surface area contributed by atoms with Crippen LogP contribution in [0, 0.1) is 0 Å². The van der Waals surface area contributed by atoms with Gasteiger partial charge in [-0.1, -0.05) is 91.0 Å². The monoisotopic (exact) mass is 410 g/mol. The minimum Gasteiger partial charge on any atom is -0.233 e. The second-order valence-corrected chi connectivity index (χ2v) is 14.1. The Morgan fingerprint density at radius 2 is 0.778 bits per heavy atom. The van der Waals surface area contributed by atoms with Gasteiger partial charge in [0.25, 0.3) is 0 Å². The van der Waals surface area contributed by atoms with E-state index in [0.29, 0.717) is 6.71 Å². The average molecular weight is 409 g/mol. The van der Waals surface area contributed by atoms with Crippen LogP contribution in [0.4, 0.5) is 0 Å². The van der Waals surface area contributed by atoms with Crippen molar-refractivity contribution in [3.8, 4) is 0 Å². The molecule has 27 heavy (non-hydrogen) atoms.